The number of allylic oxidation sites excluding steroid dienone is 3. The van der Waals surface area contributed by atoms with Crippen molar-refractivity contribution < 1.29 is 35.8 Å². The summed E-state index contributed by atoms with van der Waals surface area (Å²) in [5, 5.41) is 0. The maximum atomic E-state index is 12.9. The van der Waals surface area contributed by atoms with Crippen LogP contribution in [0.3, 0.4) is 0 Å². The highest BCUT2D eigenvalue weighted by Crippen LogP contribution is 2.37. The smallest absolute Gasteiger partial charge is 0.173 e. The van der Waals surface area contributed by atoms with Crippen molar-refractivity contribution in [3.05, 3.63) is 81.5 Å². The quantitative estimate of drug-likeness (QED) is 0.552. The Bertz CT molecular complexity index is 1060. The lowest BCUT2D eigenvalue weighted by Gasteiger charge is -2.09. The van der Waals surface area contributed by atoms with Gasteiger partial charge in [-0.15, -0.1) is 0 Å². The van der Waals surface area contributed by atoms with Crippen LogP contribution in [0.15, 0.2) is 64.8 Å². The van der Waals surface area contributed by atoms with Crippen molar-refractivity contribution >= 4 is 27.9 Å². The Morgan fingerprint density at radius 2 is 1.93 bits per heavy atom. The molecule has 0 N–H and O–H groups in total. The van der Waals surface area contributed by atoms with Gasteiger partial charge in [-0.1, -0.05) is 34.1 Å². The van der Waals surface area contributed by atoms with Crippen LogP contribution in [-0.4, -0.2) is 30.8 Å². The second-order valence-electron chi connectivity index (χ2n) is 7.29. The molecule has 2 aromatic rings. The zero-order valence-electron chi connectivity index (χ0n) is 16.9. The van der Waals surface area contributed by atoms with E-state index in [1.165, 1.54) is 11.1 Å². The predicted molar refractivity (Wildman–Crippen MR) is 117 cm³/mol. The van der Waals surface area contributed by atoms with Crippen LogP contribution >= 0.6 is 15.9 Å². The zero-order chi connectivity index (χ0) is 20.4. The lowest BCUT2D eigenvalue weighted by Crippen LogP contribution is -3.00. The van der Waals surface area contributed by atoms with Crippen molar-refractivity contribution in [2.75, 3.05) is 14.2 Å². The van der Waals surface area contributed by atoms with E-state index < -0.39 is 0 Å². The molecule has 0 saturated heterocycles. The maximum absolute atomic E-state index is 12.9. The zero-order valence-corrected chi connectivity index (χ0v) is 20.1. The summed E-state index contributed by atoms with van der Waals surface area (Å²) in [4.78, 5) is 12.9. The van der Waals surface area contributed by atoms with Crippen LogP contribution in [0.2, 0.25) is 0 Å². The number of carbonyl (C=O) groups is 1. The molecule has 0 aromatic heterocycles. The SMILES string of the molecule is COc1cc2c(cc1OC)C(=O)C(C=C1C=C[N+](Cc3cccc(Br)c3)=CC1)C2.[Br-]. The number of ether oxygens (including phenoxy) is 2. The number of Topliss-reactive ketones (excluding diaryl/α,β-unsaturated/α-hetero) is 1. The van der Waals surface area contributed by atoms with E-state index in [1.54, 1.807) is 20.3 Å². The summed E-state index contributed by atoms with van der Waals surface area (Å²) in [6.07, 6.45) is 9.98. The average Bonchev–Trinajstić information content (AvgIpc) is 3.03. The van der Waals surface area contributed by atoms with Crippen molar-refractivity contribution in [3.8, 4) is 11.5 Å². The highest BCUT2D eigenvalue weighted by Gasteiger charge is 2.31. The molecule has 1 heterocycles. The molecule has 0 spiro atoms. The Balaban J connectivity index is 0.00000256. The summed E-state index contributed by atoms with van der Waals surface area (Å²) in [6, 6.07) is 12.1. The van der Waals surface area contributed by atoms with Gasteiger partial charge in [0, 0.05) is 27.6 Å². The van der Waals surface area contributed by atoms with Crippen LogP contribution in [0.25, 0.3) is 0 Å². The number of carbonyl (C=O) groups excluding carboxylic acids is 1. The lowest BCUT2D eigenvalue weighted by atomic mass is 9.99. The number of rotatable bonds is 5. The summed E-state index contributed by atoms with van der Waals surface area (Å²) < 4.78 is 14.0. The van der Waals surface area contributed by atoms with E-state index in [0.29, 0.717) is 17.9 Å². The Labute approximate surface area is 195 Å². The first-order valence-corrected chi connectivity index (χ1v) is 10.4. The molecule has 1 aliphatic carbocycles. The first-order chi connectivity index (χ1) is 14.1. The average molecular weight is 533 g/mol. The third-order valence-electron chi connectivity index (χ3n) is 5.36. The number of nitrogens with zero attached hydrogens (tertiary/aromatic N) is 1. The molecule has 0 saturated carbocycles. The summed E-state index contributed by atoms with van der Waals surface area (Å²) in [7, 11) is 3.20. The summed E-state index contributed by atoms with van der Waals surface area (Å²) in [5.41, 5.74) is 4.18. The molecule has 0 bridgehead atoms. The minimum atomic E-state index is -0.133. The van der Waals surface area contributed by atoms with Gasteiger partial charge in [0.25, 0.3) is 0 Å². The topological polar surface area (TPSA) is 38.5 Å². The third-order valence-corrected chi connectivity index (χ3v) is 5.86. The first-order valence-electron chi connectivity index (χ1n) is 9.59. The predicted octanol–water partition coefficient (Wildman–Crippen LogP) is 1.95. The van der Waals surface area contributed by atoms with Crippen molar-refractivity contribution in [2.45, 2.75) is 19.4 Å². The molecule has 156 valence electrons. The largest absolute Gasteiger partial charge is 1.00 e. The van der Waals surface area contributed by atoms with Gasteiger partial charge in [0.15, 0.2) is 30.0 Å². The number of fused-ring (bicyclic) bond motifs is 1. The minimum Gasteiger partial charge on any atom is -1.00 e. The van der Waals surface area contributed by atoms with Crippen molar-refractivity contribution in [2.24, 2.45) is 5.92 Å². The van der Waals surface area contributed by atoms with Crippen LogP contribution in [0.5, 0.6) is 11.5 Å². The normalized spacial score (nSPS) is 18.6. The summed E-state index contributed by atoms with van der Waals surface area (Å²) in [6.45, 7) is 0.830. The molecule has 1 unspecified atom stereocenters. The van der Waals surface area contributed by atoms with Crippen molar-refractivity contribution in [1.29, 1.82) is 0 Å². The van der Waals surface area contributed by atoms with E-state index in [1.807, 2.05) is 18.2 Å². The molecule has 1 aliphatic heterocycles. The van der Waals surface area contributed by atoms with Crippen molar-refractivity contribution in [3.63, 3.8) is 0 Å². The highest BCUT2D eigenvalue weighted by molar-refractivity contribution is 9.10. The molecule has 6 heteroatoms. The van der Waals surface area contributed by atoms with Gasteiger partial charge in [-0.25, -0.2) is 4.58 Å². The molecule has 2 aromatic carbocycles. The van der Waals surface area contributed by atoms with Gasteiger partial charge in [-0.05, 0) is 41.8 Å². The van der Waals surface area contributed by atoms with Gasteiger partial charge in [-0.3, -0.25) is 4.79 Å². The number of ketones is 1. The van der Waals surface area contributed by atoms with Gasteiger partial charge in [0.2, 0.25) is 0 Å². The molecular formula is C24H23Br2NO3. The molecule has 0 amide bonds. The fourth-order valence-electron chi connectivity index (χ4n) is 3.87. The van der Waals surface area contributed by atoms with E-state index in [4.69, 9.17) is 9.47 Å². The van der Waals surface area contributed by atoms with Gasteiger partial charge >= 0.3 is 0 Å². The standard InChI is InChI=1S/C24H23BrNO3.BrH/c1-28-22-13-18-12-19(24(27)21(18)14-23(22)29-2)10-16-6-8-26(9-7-16)15-17-4-3-5-20(25)11-17;/h3-6,8-11,13-14,19H,7,12,15H2,1-2H3;1H/q+1;/p-1. The molecule has 4 rings (SSSR count). The van der Waals surface area contributed by atoms with Gasteiger partial charge < -0.3 is 26.5 Å². The fraction of sp³-hybridized carbons (Fsp3) is 0.250. The maximum Gasteiger partial charge on any atom is 0.173 e. The monoisotopic (exact) mass is 531 g/mol. The Hall–Kier alpha value is -2.18. The summed E-state index contributed by atoms with van der Waals surface area (Å²) >= 11 is 3.52. The van der Waals surface area contributed by atoms with Gasteiger partial charge in [0.1, 0.15) is 6.21 Å². The fourth-order valence-corrected chi connectivity index (χ4v) is 4.32. The van der Waals surface area contributed by atoms with E-state index in [-0.39, 0.29) is 28.7 Å². The number of hydrogen-bond donors (Lipinski definition) is 0. The molecule has 2 aliphatic rings. The van der Waals surface area contributed by atoms with E-state index >= 15 is 0 Å². The van der Waals surface area contributed by atoms with Crippen LogP contribution in [0, 0.1) is 5.92 Å². The van der Waals surface area contributed by atoms with Crippen LogP contribution in [-0.2, 0) is 13.0 Å². The van der Waals surface area contributed by atoms with Gasteiger partial charge in [-0.2, -0.15) is 0 Å². The van der Waals surface area contributed by atoms with Gasteiger partial charge in [0.05, 0.1) is 20.6 Å². The highest BCUT2D eigenvalue weighted by atomic mass is 79.9. The second kappa shape index (κ2) is 9.75. The molecule has 0 fully saturated rings. The Kier molecular flexibility index (Phi) is 7.32. The van der Waals surface area contributed by atoms with Crippen LogP contribution < -0.4 is 26.5 Å². The number of halogens is 2. The minimum absolute atomic E-state index is 0. The second-order valence-corrected chi connectivity index (χ2v) is 8.20. The first kappa shape index (κ1) is 22.5. The number of benzene rings is 2. The molecule has 4 nitrogen and oxygen atoms in total. The summed E-state index contributed by atoms with van der Waals surface area (Å²) in [5.74, 6) is 1.29. The van der Waals surface area contributed by atoms with E-state index in [9.17, 15) is 4.79 Å². The van der Waals surface area contributed by atoms with Crippen LogP contribution in [0.4, 0.5) is 0 Å². The molecular weight excluding hydrogens is 510 g/mol. The number of methoxy groups -OCH3 is 2. The third kappa shape index (κ3) is 4.76. The number of hydrogen-bond acceptors (Lipinski definition) is 3. The Morgan fingerprint density at radius 3 is 2.60 bits per heavy atom. The molecule has 1 atom stereocenters. The van der Waals surface area contributed by atoms with E-state index in [0.717, 1.165) is 28.6 Å². The lowest BCUT2D eigenvalue weighted by molar-refractivity contribution is -0.471. The molecule has 30 heavy (non-hydrogen) atoms. The molecule has 0 radical (unpaired) electrons. The van der Waals surface area contributed by atoms with Crippen molar-refractivity contribution in [1.82, 2.24) is 0 Å². The van der Waals surface area contributed by atoms with E-state index in [2.05, 4.69) is 57.2 Å². The van der Waals surface area contributed by atoms with Crippen LogP contribution in [0.1, 0.15) is 27.9 Å². The Morgan fingerprint density at radius 1 is 1.17 bits per heavy atom.